The lowest BCUT2D eigenvalue weighted by molar-refractivity contribution is -0.116. The van der Waals surface area contributed by atoms with Crippen LogP contribution in [0.25, 0.3) is 10.9 Å². The van der Waals surface area contributed by atoms with Gasteiger partial charge in [-0.2, -0.15) is 0 Å². The molecule has 94 valence electrons. The Morgan fingerprint density at radius 2 is 2.22 bits per heavy atom. The third-order valence-corrected chi connectivity index (χ3v) is 3.05. The Morgan fingerprint density at radius 3 is 3.00 bits per heavy atom. The fourth-order valence-electron chi connectivity index (χ4n) is 1.86. The summed E-state index contributed by atoms with van der Waals surface area (Å²) in [5.41, 5.74) is 2.83. The number of rotatable bonds is 4. The molecule has 2 aromatic rings. The molecule has 1 aromatic carbocycles. The van der Waals surface area contributed by atoms with Gasteiger partial charge in [-0.1, -0.05) is 6.07 Å². The summed E-state index contributed by atoms with van der Waals surface area (Å²) in [5, 5.41) is 3.88. The molecule has 0 unspecified atom stereocenters. The lowest BCUT2D eigenvalue weighted by Gasteiger charge is -2.09. The first kappa shape index (κ1) is 12.8. The average molecular weight is 263 g/mol. The number of benzene rings is 1. The second-order valence-corrected chi connectivity index (χ2v) is 4.55. The van der Waals surface area contributed by atoms with Gasteiger partial charge in [0.1, 0.15) is 0 Å². The molecule has 1 N–H and O–H groups in total. The van der Waals surface area contributed by atoms with Crippen molar-refractivity contribution in [3.8, 4) is 0 Å². The summed E-state index contributed by atoms with van der Waals surface area (Å²) in [4.78, 5) is 16.0. The van der Waals surface area contributed by atoms with Crippen LogP contribution < -0.4 is 5.32 Å². The van der Waals surface area contributed by atoms with Gasteiger partial charge in [0, 0.05) is 23.9 Å². The molecule has 0 saturated heterocycles. The van der Waals surface area contributed by atoms with Gasteiger partial charge >= 0.3 is 0 Å². The van der Waals surface area contributed by atoms with Crippen molar-refractivity contribution in [1.29, 1.82) is 0 Å². The summed E-state index contributed by atoms with van der Waals surface area (Å²) >= 11 is 5.57. The number of carbonyl (C=O) groups excluding carboxylic acids is 1. The van der Waals surface area contributed by atoms with E-state index in [-0.39, 0.29) is 5.91 Å². The molecule has 18 heavy (non-hydrogen) atoms. The molecule has 0 aliphatic carbocycles. The van der Waals surface area contributed by atoms with Crippen LogP contribution in [0.3, 0.4) is 0 Å². The maximum Gasteiger partial charge on any atom is 0.224 e. The molecule has 0 aliphatic heterocycles. The van der Waals surface area contributed by atoms with Crippen LogP contribution in [-0.4, -0.2) is 16.8 Å². The maximum absolute atomic E-state index is 11.7. The highest BCUT2D eigenvalue weighted by molar-refractivity contribution is 6.18. The van der Waals surface area contributed by atoms with E-state index in [2.05, 4.69) is 10.3 Å². The number of fused-ring (bicyclic) bond motifs is 1. The van der Waals surface area contributed by atoms with Crippen molar-refractivity contribution in [3.63, 3.8) is 0 Å². The van der Waals surface area contributed by atoms with Crippen LogP contribution in [0.2, 0.25) is 0 Å². The van der Waals surface area contributed by atoms with Crippen molar-refractivity contribution >= 4 is 34.1 Å². The predicted molar refractivity (Wildman–Crippen MR) is 75.1 cm³/mol. The number of aryl methyl sites for hydroxylation is 1. The minimum atomic E-state index is -0.00958. The molecule has 0 atom stereocenters. The van der Waals surface area contributed by atoms with Gasteiger partial charge in [-0.3, -0.25) is 9.78 Å². The number of alkyl halides is 1. The summed E-state index contributed by atoms with van der Waals surface area (Å²) < 4.78 is 0. The number of aromatic nitrogens is 1. The number of carbonyl (C=O) groups is 1. The van der Waals surface area contributed by atoms with Crippen molar-refractivity contribution < 1.29 is 4.79 Å². The standard InChI is InChI=1S/C14H15ClN2O/c1-10-6-7-12(17-13(18)5-2-8-15)11-4-3-9-16-14(10)11/h3-4,6-7,9H,2,5,8H2,1H3,(H,17,18). The van der Waals surface area contributed by atoms with E-state index in [1.807, 2.05) is 31.2 Å². The van der Waals surface area contributed by atoms with Gasteiger partial charge in [0.25, 0.3) is 0 Å². The van der Waals surface area contributed by atoms with Crippen molar-refractivity contribution in [3.05, 3.63) is 36.0 Å². The quantitative estimate of drug-likeness (QED) is 0.857. The summed E-state index contributed by atoms with van der Waals surface area (Å²) in [6.07, 6.45) is 2.89. The highest BCUT2D eigenvalue weighted by Crippen LogP contribution is 2.24. The van der Waals surface area contributed by atoms with E-state index in [9.17, 15) is 4.79 Å². The molecule has 1 amide bonds. The largest absolute Gasteiger partial charge is 0.325 e. The molecule has 1 aromatic heterocycles. The lowest BCUT2D eigenvalue weighted by atomic mass is 10.1. The van der Waals surface area contributed by atoms with Crippen LogP contribution in [0.1, 0.15) is 18.4 Å². The third kappa shape index (κ3) is 2.79. The Bertz CT molecular complexity index is 569. The van der Waals surface area contributed by atoms with Gasteiger partial charge in [-0.15, -0.1) is 11.6 Å². The van der Waals surface area contributed by atoms with E-state index in [0.29, 0.717) is 18.7 Å². The number of halogens is 1. The molecular formula is C14H15ClN2O. The Labute approximate surface area is 111 Å². The van der Waals surface area contributed by atoms with Crippen LogP contribution in [-0.2, 0) is 4.79 Å². The maximum atomic E-state index is 11.7. The van der Waals surface area contributed by atoms with E-state index >= 15 is 0 Å². The normalized spacial score (nSPS) is 10.6. The SMILES string of the molecule is Cc1ccc(NC(=O)CCCCl)c2cccnc12. The Balaban J connectivity index is 2.29. The monoisotopic (exact) mass is 262 g/mol. The molecule has 0 spiro atoms. The van der Waals surface area contributed by atoms with Crippen molar-refractivity contribution in [2.45, 2.75) is 19.8 Å². The smallest absolute Gasteiger partial charge is 0.224 e. The van der Waals surface area contributed by atoms with Crippen molar-refractivity contribution in [2.75, 3.05) is 11.2 Å². The molecule has 0 saturated carbocycles. The van der Waals surface area contributed by atoms with Crippen LogP contribution >= 0.6 is 11.6 Å². The zero-order valence-electron chi connectivity index (χ0n) is 10.2. The highest BCUT2D eigenvalue weighted by atomic mass is 35.5. The van der Waals surface area contributed by atoms with E-state index in [4.69, 9.17) is 11.6 Å². The Morgan fingerprint density at radius 1 is 1.39 bits per heavy atom. The number of hydrogen-bond acceptors (Lipinski definition) is 2. The van der Waals surface area contributed by atoms with E-state index < -0.39 is 0 Å². The first-order valence-electron chi connectivity index (χ1n) is 5.92. The number of nitrogens with zero attached hydrogens (tertiary/aromatic N) is 1. The molecule has 0 bridgehead atoms. The summed E-state index contributed by atoms with van der Waals surface area (Å²) in [7, 11) is 0. The summed E-state index contributed by atoms with van der Waals surface area (Å²) in [6.45, 7) is 2.01. The molecule has 2 rings (SSSR count). The summed E-state index contributed by atoms with van der Waals surface area (Å²) in [6, 6.07) is 7.72. The number of nitrogens with one attached hydrogen (secondary N) is 1. The zero-order chi connectivity index (χ0) is 13.0. The first-order chi connectivity index (χ1) is 8.72. The van der Waals surface area contributed by atoms with Crippen molar-refractivity contribution in [1.82, 2.24) is 4.98 Å². The van der Waals surface area contributed by atoms with Crippen LogP contribution in [0.5, 0.6) is 0 Å². The molecule has 0 aliphatic rings. The molecule has 0 fully saturated rings. The first-order valence-corrected chi connectivity index (χ1v) is 6.46. The van der Waals surface area contributed by atoms with Crippen molar-refractivity contribution in [2.24, 2.45) is 0 Å². The van der Waals surface area contributed by atoms with E-state index in [1.165, 1.54) is 0 Å². The second-order valence-electron chi connectivity index (χ2n) is 4.17. The second kappa shape index (κ2) is 5.83. The van der Waals surface area contributed by atoms with Crippen LogP contribution in [0.4, 0.5) is 5.69 Å². The summed E-state index contributed by atoms with van der Waals surface area (Å²) in [5.74, 6) is 0.494. The number of amides is 1. The lowest BCUT2D eigenvalue weighted by Crippen LogP contribution is -2.11. The van der Waals surface area contributed by atoms with Gasteiger partial charge in [0.15, 0.2) is 0 Å². The minimum Gasteiger partial charge on any atom is -0.325 e. The minimum absolute atomic E-state index is 0.00958. The fraction of sp³-hybridized carbons (Fsp3) is 0.286. The zero-order valence-corrected chi connectivity index (χ0v) is 11.0. The van der Waals surface area contributed by atoms with Crippen LogP contribution in [0, 0.1) is 6.92 Å². The van der Waals surface area contributed by atoms with Gasteiger partial charge in [0.05, 0.1) is 11.2 Å². The predicted octanol–water partition coefficient (Wildman–Crippen LogP) is 3.50. The van der Waals surface area contributed by atoms with E-state index in [1.54, 1.807) is 6.20 Å². The van der Waals surface area contributed by atoms with Gasteiger partial charge < -0.3 is 5.32 Å². The number of pyridine rings is 1. The number of hydrogen-bond donors (Lipinski definition) is 1. The molecule has 1 heterocycles. The fourth-order valence-corrected chi connectivity index (χ4v) is 2.00. The van der Waals surface area contributed by atoms with Crippen LogP contribution in [0.15, 0.2) is 30.5 Å². The molecular weight excluding hydrogens is 248 g/mol. The molecule has 0 radical (unpaired) electrons. The van der Waals surface area contributed by atoms with Gasteiger partial charge in [-0.05, 0) is 37.1 Å². The number of anilines is 1. The average Bonchev–Trinajstić information content (AvgIpc) is 2.40. The topological polar surface area (TPSA) is 42.0 Å². The molecule has 3 nitrogen and oxygen atoms in total. The third-order valence-electron chi connectivity index (χ3n) is 2.78. The highest BCUT2D eigenvalue weighted by Gasteiger charge is 2.07. The Hall–Kier alpha value is -1.61. The molecule has 4 heteroatoms. The Kier molecular flexibility index (Phi) is 4.15. The van der Waals surface area contributed by atoms with E-state index in [0.717, 1.165) is 22.2 Å². The van der Waals surface area contributed by atoms with Gasteiger partial charge in [0.2, 0.25) is 5.91 Å². The van der Waals surface area contributed by atoms with Gasteiger partial charge in [-0.25, -0.2) is 0 Å².